The van der Waals surface area contributed by atoms with Gasteiger partial charge in [-0.1, -0.05) is 24.3 Å². The minimum absolute atomic E-state index is 0.108. The molecule has 1 N–H and O–H groups in total. The summed E-state index contributed by atoms with van der Waals surface area (Å²) < 4.78 is 5.42. The molecule has 35 heavy (non-hydrogen) atoms. The second-order valence-corrected chi connectivity index (χ2v) is 10.4. The molecule has 1 saturated heterocycles. The van der Waals surface area contributed by atoms with E-state index in [9.17, 15) is 4.79 Å². The van der Waals surface area contributed by atoms with Gasteiger partial charge in [0.05, 0.1) is 23.1 Å². The fraction of sp³-hybridized carbons (Fsp3) is 0.370. The van der Waals surface area contributed by atoms with Gasteiger partial charge in [0, 0.05) is 32.2 Å². The molecule has 1 aliphatic heterocycles. The van der Waals surface area contributed by atoms with Gasteiger partial charge in [-0.25, -0.2) is 9.97 Å². The van der Waals surface area contributed by atoms with E-state index in [0.29, 0.717) is 12.6 Å². The van der Waals surface area contributed by atoms with Crippen LogP contribution in [0.25, 0.3) is 10.2 Å². The standard InChI is InChI=1S/C27H29N5O2S/c1-18-23-25(28-16-22-7-4-14-34-22)29-17-30-26(23)35-24(18)27(33)32-12-10-31(11-13-32)21-9-8-19-5-2-3-6-20(19)15-21/h2-7,14,17,21H,8-13,15-16H2,1H3,(H,28,29,30)/t21-/m0/s1. The molecule has 4 heterocycles. The van der Waals surface area contributed by atoms with Crippen LogP contribution in [0.2, 0.25) is 0 Å². The van der Waals surface area contributed by atoms with E-state index in [0.717, 1.165) is 71.3 Å². The zero-order valence-corrected chi connectivity index (χ0v) is 20.7. The van der Waals surface area contributed by atoms with Gasteiger partial charge in [-0.2, -0.15) is 0 Å². The van der Waals surface area contributed by atoms with Crippen LogP contribution in [-0.2, 0) is 19.4 Å². The van der Waals surface area contributed by atoms with E-state index in [1.54, 1.807) is 12.6 Å². The lowest BCUT2D eigenvalue weighted by molar-refractivity contribution is 0.0557. The fourth-order valence-electron chi connectivity index (χ4n) is 5.42. The van der Waals surface area contributed by atoms with Crippen molar-refractivity contribution in [2.75, 3.05) is 31.5 Å². The molecule has 0 spiro atoms. The van der Waals surface area contributed by atoms with E-state index in [-0.39, 0.29) is 5.91 Å². The Hall–Kier alpha value is -3.23. The van der Waals surface area contributed by atoms with Crippen molar-refractivity contribution in [2.24, 2.45) is 0 Å². The second-order valence-electron chi connectivity index (χ2n) is 9.39. The molecule has 0 radical (unpaired) electrons. The van der Waals surface area contributed by atoms with Crippen molar-refractivity contribution in [1.82, 2.24) is 19.8 Å². The van der Waals surface area contributed by atoms with Crippen LogP contribution in [0.4, 0.5) is 5.82 Å². The zero-order valence-electron chi connectivity index (χ0n) is 19.9. The second kappa shape index (κ2) is 9.43. The lowest BCUT2D eigenvalue weighted by atomic mass is 9.87. The number of carbonyl (C=O) groups excluding carboxylic acids is 1. The molecule has 7 nitrogen and oxygen atoms in total. The number of furan rings is 1. The van der Waals surface area contributed by atoms with Gasteiger partial charge >= 0.3 is 0 Å². The molecule has 0 saturated carbocycles. The normalized spacial score (nSPS) is 18.5. The Labute approximate surface area is 208 Å². The van der Waals surface area contributed by atoms with Gasteiger partial charge in [-0.05, 0) is 55.0 Å². The summed E-state index contributed by atoms with van der Waals surface area (Å²) in [7, 11) is 0. The van der Waals surface area contributed by atoms with Gasteiger partial charge in [-0.3, -0.25) is 9.69 Å². The molecule has 6 rings (SSSR count). The SMILES string of the molecule is Cc1c(C(=O)N2CCN([C@H]3CCc4ccccc4C3)CC2)sc2ncnc(NCc3ccco3)c12. The summed E-state index contributed by atoms with van der Waals surface area (Å²) >= 11 is 1.46. The molecular formula is C27H29N5O2S. The Balaban J connectivity index is 1.14. The van der Waals surface area contributed by atoms with Crippen LogP contribution in [-0.4, -0.2) is 57.9 Å². The summed E-state index contributed by atoms with van der Waals surface area (Å²) in [6.07, 6.45) is 6.68. The maximum absolute atomic E-state index is 13.5. The van der Waals surface area contributed by atoms with Crippen molar-refractivity contribution in [2.45, 2.75) is 38.8 Å². The first kappa shape index (κ1) is 22.2. The van der Waals surface area contributed by atoms with E-state index in [4.69, 9.17) is 4.42 Å². The van der Waals surface area contributed by atoms with Gasteiger partial charge in [0.2, 0.25) is 0 Å². The molecule has 4 aromatic rings. The minimum atomic E-state index is 0.108. The third-order valence-electron chi connectivity index (χ3n) is 7.37. The number of carbonyl (C=O) groups is 1. The number of nitrogens with zero attached hydrogens (tertiary/aromatic N) is 4. The van der Waals surface area contributed by atoms with Crippen LogP contribution < -0.4 is 5.32 Å². The first-order chi connectivity index (χ1) is 17.2. The van der Waals surface area contributed by atoms with E-state index < -0.39 is 0 Å². The van der Waals surface area contributed by atoms with Crippen molar-refractivity contribution < 1.29 is 9.21 Å². The number of amides is 1. The molecule has 1 amide bonds. The number of anilines is 1. The molecule has 0 unspecified atom stereocenters. The Kier molecular flexibility index (Phi) is 6.00. The number of thiophene rings is 1. The largest absolute Gasteiger partial charge is 0.467 e. The number of fused-ring (bicyclic) bond motifs is 2. The fourth-order valence-corrected chi connectivity index (χ4v) is 6.53. The summed E-state index contributed by atoms with van der Waals surface area (Å²) in [5.74, 6) is 1.68. The number of nitrogens with one attached hydrogen (secondary N) is 1. The summed E-state index contributed by atoms with van der Waals surface area (Å²) in [6.45, 7) is 5.92. The first-order valence-electron chi connectivity index (χ1n) is 12.3. The molecule has 2 aliphatic rings. The Morgan fingerprint density at radius 1 is 1.11 bits per heavy atom. The molecular weight excluding hydrogens is 458 g/mol. The van der Waals surface area contributed by atoms with Crippen LogP contribution in [0.1, 0.15) is 38.5 Å². The topological polar surface area (TPSA) is 74.5 Å². The number of aromatic nitrogens is 2. The van der Waals surface area contributed by atoms with Gasteiger partial charge in [0.25, 0.3) is 5.91 Å². The Bertz CT molecular complexity index is 1340. The van der Waals surface area contributed by atoms with E-state index in [1.165, 1.54) is 28.9 Å². The van der Waals surface area contributed by atoms with Crippen LogP contribution in [0.3, 0.4) is 0 Å². The molecule has 8 heteroatoms. The highest BCUT2D eigenvalue weighted by Crippen LogP contribution is 2.34. The quantitative estimate of drug-likeness (QED) is 0.446. The number of hydrogen-bond acceptors (Lipinski definition) is 7. The smallest absolute Gasteiger partial charge is 0.264 e. The van der Waals surface area contributed by atoms with Gasteiger partial charge in [0.15, 0.2) is 0 Å². The molecule has 1 fully saturated rings. The summed E-state index contributed by atoms with van der Waals surface area (Å²) in [6, 6.07) is 13.2. The highest BCUT2D eigenvalue weighted by molar-refractivity contribution is 7.20. The maximum Gasteiger partial charge on any atom is 0.264 e. The summed E-state index contributed by atoms with van der Waals surface area (Å²) in [5, 5.41) is 4.27. The highest BCUT2D eigenvalue weighted by atomic mass is 32.1. The van der Waals surface area contributed by atoms with Crippen LogP contribution >= 0.6 is 11.3 Å². The lowest BCUT2D eigenvalue weighted by Gasteiger charge is -2.41. The number of rotatable bonds is 5. The highest BCUT2D eigenvalue weighted by Gasteiger charge is 2.30. The predicted octanol–water partition coefficient (Wildman–Crippen LogP) is 4.52. The van der Waals surface area contributed by atoms with E-state index in [2.05, 4.69) is 44.5 Å². The third-order valence-corrected chi connectivity index (χ3v) is 8.56. The van der Waals surface area contributed by atoms with Crippen molar-refractivity contribution in [1.29, 1.82) is 0 Å². The van der Waals surface area contributed by atoms with Crippen molar-refractivity contribution in [3.8, 4) is 0 Å². The monoisotopic (exact) mass is 487 g/mol. The zero-order chi connectivity index (χ0) is 23.8. The molecule has 1 atom stereocenters. The van der Waals surface area contributed by atoms with Gasteiger partial charge < -0.3 is 14.6 Å². The van der Waals surface area contributed by atoms with Gasteiger partial charge in [-0.15, -0.1) is 11.3 Å². The number of benzene rings is 1. The maximum atomic E-state index is 13.5. The molecule has 0 bridgehead atoms. The Morgan fingerprint density at radius 2 is 1.94 bits per heavy atom. The summed E-state index contributed by atoms with van der Waals surface area (Å²) in [4.78, 5) is 28.6. The van der Waals surface area contributed by atoms with E-state index >= 15 is 0 Å². The minimum Gasteiger partial charge on any atom is -0.467 e. The number of hydrogen-bond donors (Lipinski definition) is 1. The van der Waals surface area contributed by atoms with Crippen LogP contribution in [0.15, 0.2) is 53.4 Å². The average Bonchev–Trinajstić information content (AvgIpc) is 3.55. The van der Waals surface area contributed by atoms with Crippen molar-refractivity contribution in [3.05, 3.63) is 76.3 Å². The summed E-state index contributed by atoms with van der Waals surface area (Å²) in [5.41, 5.74) is 3.93. The van der Waals surface area contributed by atoms with Gasteiger partial charge in [0.1, 0.15) is 22.7 Å². The third kappa shape index (κ3) is 4.32. The first-order valence-corrected chi connectivity index (χ1v) is 13.1. The molecule has 1 aliphatic carbocycles. The molecule has 1 aromatic carbocycles. The van der Waals surface area contributed by atoms with Crippen molar-refractivity contribution >= 4 is 33.3 Å². The Morgan fingerprint density at radius 3 is 2.74 bits per heavy atom. The number of aryl methyl sites for hydroxylation is 2. The van der Waals surface area contributed by atoms with Crippen LogP contribution in [0, 0.1) is 6.92 Å². The lowest BCUT2D eigenvalue weighted by Crippen LogP contribution is -2.53. The molecule has 3 aromatic heterocycles. The predicted molar refractivity (Wildman–Crippen MR) is 138 cm³/mol. The molecule has 180 valence electrons. The van der Waals surface area contributed by atoms with Crippen molar-refractivity contribution in [3.63, 3.8) is 0 Å². The average molecular weight is 488 g/mol. The van der Waals surface area contributed by atoms with E-state index in [1.807, 2.05) is 24.0 Å². The number of piperazine rings is 1. The van der Waals surface area contributed by atoms with Crippen LogP contribution in [0.5, 0.6) is 0 Å².